The molecule has 208 valence electrons. The van der Waals surface area contributed by atoms with Crippen LogP contribution < -0.4 is 19.7 Å². The summed E-state index contributed by atoms with van der Waals surface area (Å²) in [6.07, 6.45) is -10.4. The van der Waals surface area contributed by atoms with Crippen molar-refractivity contribution in [3.63, 3.8) is 0 Å². The number of hydrogen-bond donors (Lipinski definition) is 1. The van der Waals surface area contributed by atoms with Crippen molar-refractivity contribution in [1.82, 2.24) is 5.32 Å². The molecule has 0 radical (unpaired) electrons. The van der Waals surface area contributed by atoms with Crippen LogP contribution in [0.25, 0.3) is 0 Å². The van der Waals surface area contributed by atoms with Crippen LogP contribution in [0.2, 0.25) is 0 Å². The molecule has 1 aliphatic rings. The number of carbonyl (C=O) groups is 2. The number of hydrogen-bond acceptors (Lipinski definition) is 5. The molecule has 1 N–H and O–H groups in total. The van der Waals surface area contributed by atoms with Gasteiger partial charge in [0.2, 0.25) is 0 Å². The van der Waals surface area contributed by atoms with Gasteiger partial charge in [-0.05, 0) is 50.1 Å². The van der Waals surface area contributed by atoms with Crippen LogP contribution in [0.3, 0.4) is 0 Å². The lowest BCUT2D eigenvalue weighted by Crippen LogP contribution is -2.45. The standard InChI is InChI=1S/C25H26F6N2O5/c1-5-38-23(35)33-13(2)8-14(16-10-20(36-3)21(37-4)11-19(16)33)12-32-22(34)17-9-15(24(26,27)28)6-7-18(17)25(29,30)31/h6-7,9-11,13-14H,5,8,12H2,1-4H3,(H,32,34). The Bertz CT molecular complexity index is 1200. The first kappa shape index (κ1) is 28.9. The van der Waals surface area contributed by atoms with E-state index in [1.165, 1.54) is 19.1 Å². The van der Waals surface area contributed by atoms with Gasteiger partial charge in [0.15, 0.2) is 11.5 Å². The Balaban J connectivity index is 1.98. The Hall–Kier alpha value is -3.64. The minimum absolute atomic E-state index is 0.114. The molecule has 3 rings (SSSR count). The number of rotatable bonds is 6. The van der Waals surface area contributed by atoms with Crippen molar-refractivity contribution in [1.29, 1.82) is 0 Å². The average Bonchev–Trinajstić information content (AvgIpc) is 2.84. The van der Waals surface area contributed by atoms with Gasteiger partial charge in [0, 0.05) is 24.6 Å². The van der Waals surface area contributed by atoms with Crippen LogP contribution in [0, 0.1) is 0 Å². The van der Waals surface area contributed by atoms with E-state index in [0.29, 0.717) is 22.7 Å². The number of fused-ring (bicyclic) bond motifs is 1. The van der Waals surface area contributed by atoms with E-state index < -0.39 is 53.0 Å². The summed E-state index contributed by atoms with van der Waals surface area (Å²) in [7, 11) is 2.79. The van der Waals surface area contributed by atoms with Gasteiger partial charge in [-0.15, -0.1) is 0 Å². The summed E-state index contributed by atoms with van der Waals surface area (Å²) in [5.41, 5.74) is -3.12. The summed E-state index contributed by atoms with van der Waals surface area (Å²) in [6, 6.07) is 3.37. The molecule has 2 atom stereocenters. The van der Waals surface area contributed by atoms with Crippen molar-refractivity contribution in [2.75, 3.05) is 32.3 Å². The van der Waals surface area contributed by atoms with Gasteiger partial charge < -0.3 is 19.5 Å². The summed E-state index contributed by atoms with van der Waals surface area (Å²) in [5, 5.41) is 2.34. The lowest BCUT2D eigenvalue weighted by molar-refractivity contribution is -0.141. The van der Waals surface area contributed by atoms with Crippen molar-refractivity contribution >= 4 is 17.7 Å². The Morgan fingerprint density at radius 3 is 2.18 bits per heavy atom. The smallest absolute Gasteiger partial charge is 0.417 e. The number of nitrogens with zero attached hydrogens (tertiary/aromatic N) is 1. The molecule has 0 aliphatic carbocycles. The van der Waals surface area contributed by atoms with Gasteiger partial charge in [-0.25, -0.2) is 4.79 Å². The summed E-state index contributed by atoms with van der Waals surface area (Å²) < 4.78 is 95.7. The fourth-order valence-electron chi connectivity index (χ4n) is 4.43. The SMILES string of the molecule is CCOC(=O)N1c2cc(OC)c(OC)cc2C(CNC(=O)c2cc(C(F)(F)F)ccc2C(F)(F)F)CC1C. The third-order valence-corrected chi connectivity index (χ3v) is 6.17. The number of methoxy groups -OCH3 is 2. The van der Waals surface area contributed by atoms with Gasteiger partial charge in [-0.3, -0.25) is 9.69 Å². The van der Waals surface area contributed by atoms with Crippen LogP contribution in [0.15, 0.2) is 30.3 Å². The normalized spacial score (nSPS) is 17.5. The van der Waals surface area contributed by atoms with E-state index in [1.807, 2.05) is 0 Å². The summed E-state index contributed by atoms with van der Waals surface area (Å²) in [5.74, 6) is -1.24. The zero-order valence-corrected chi connectivity index (χ0v) is 20.9. The molecule has 7 nitrogen and oxygen atoms in total. The maximum atomic E-state index is 13.5. The number of benzene rings is 2. The first-order chi connectivity index (χ1) is 17.7. The van der Waals surface area contributed by atoms with Crippen LogP contribution in [0.4, 0.5) is 36.8 Å². The topological polar surface area (TPSA) is 77.1 Å². The molecule has 2 unspecified atom stereocenters. The third kappa shape index (κ3) is 5.91. The summed E-state index contributed by atoms with van der Waals surface area (Å²) in [4.78, 5) is 26.9. The first-order valence-corrected chi connectivity index (χ1v) is 11.5. The molecule has 0 saturated heterocycles. The highest BCUT2D eigenvalue weighted by atomic mass is 19.4. The molecule has 38 heavy (non-hydrogen) atoms. The first-order valence-electron chi connectivity index (χ1n) is 11.5. The van der Waals surface area contributed by atoms with Gasteiger partial charge in [-0.2, -0.15) is 26.3 Å². The molecule has 1 aliphatic heterocycles. The predicted molar refractivity (Wildman–Crippen MR) is 125 cm³/mol. The second-order valence-corrected chi connectivity index (χ2v) is 8.58. The van der Waals surface area contributed by atoms with Crippen molar-refractivity contribution in [2.24, 2.45) is 0 Å². The van der Waals surface area contributed by atoms with Crippen molar-refractivity contribution in [3.8, 4) is 11.5 Å². The number of carbonyl (C=O) groups excluding carboxylic acids is 2. The second kappa shape index (κ2) is 11.0. The largest absolute Gasteiger partial charge is 0.493 e. The monoisotopic (exact) mass is 548 g/mol. The molecular weight excluding hydrogens is 522 g/mol. The minimum atomic E-state index is -5.05. The van der Waals surface area contributed by atoms with Gasteiger partial charge in [0.05, 0.1) is 43.2 Å². The van der Waals surface area contributed by atoms with Crippen LogP contribution in [-0.4, -0.2) is 45.4 Å². The number of ether oxygens (including phenoxy) is 3. The van der Waals surface area contributed by atoms with Crippen molar-refractivity contribution < 1.29 is 50.1 Å². The highest BCUT2D eigenvalue weighted by molar-refractivity contribution is 5.96. The lowest BCUT2D eigenvalue weighted by Gasteiger charge is -2.39. The molecule has 0 bridgehead atoms. The molecule has 2 aromatic carbocycles. The Kier molecular flexibility index (Phi) is 8.37. The van der Waals surface area contributed by atoms with Gasteiger partial charge in [0.1, 0.15) is 0 Å². The fourth-order valence-corrected chi connectivity index (χ4v) is 4.43. The highest BCUT2D eigenvalue weighted by Gasteiger charge is 2.40. The van der Waals surface area contributed by atoms with E-state index in [2.05, 4.69) is 5.32 Å². The number of nitrogens with one attached hydrogen (secondary N) is 1. The summed E-state index contributed by atoms with van der Waals surface area (Å²) >= 11 is 0. The highest BCUT2D eigenvalue weighted by Crippen LogP contribution is 2.45. The van der Waals surface area contributed by atoms with Gasteiger partial charge in [0.25, 0.3) is 5.91 Å². The maximum absolute atomic E-state index is 13.5. The number of halogens is 6. The maximum Gasteiger partial charge on any atom is 0.417 e. The molecule has 13 heteroatoms. The molecule has 2 aromatic rings. The van der Waals surface area contributed by atoms with E-state index in [1.54, 1.807) is 26.0 Å². The number of alkyl halides is 6. The van der Waals surface area contributed by atoms with Crippen molar-refractivity contribution in [3.05, 3.63) is 52.6 Å². The second-order valence-electron chi connectivity index (χ2n) is 8.58. The minimum Gasteiger partial charge on any atom is -0.493 e. The Morgan fingerprint density at radius 1 is 1.00 bits per heavy atom. The Morgan fingerprint density at radius 2 is 1.63 bits per heavy atom. The number of amides is 2. The average molecular weight is 548 g/mol. The molecule has 0 aromatic heterocycles. The van der Waals surface area contributed by atoms with Gasteiger partial charge in [-0.1, -0.05) is 0 Å². The van der Waals surface area contributed by atoms with Crippen molar-refractivity contribution in [2.45, 2.75) is 44.6 Å². The molecule has 0 spiro atoms. The van der Waals surface area contributed by atoms with Gasteiger partial charge >= 0.3 is 18.4 Å². The van der Waals surface area contributed by atoms with Crippen LogP contribution in [0.5, 0.6) is 11.5 Å². The molecule has 1 heterocycles. The number of anilines is 1. The molecular formula is C25H26F6N2O5. The van der Waals surface area contributed by atoms with E-state index in [-0.39, 0.29) is 37.8 Å². The molecule has 0 saturated carbocycles. The summed E-state index contributed by atoms with van der Waals surface area (Å²) in [6.45, 7) is 3.25. The zero-order valence-electron chi connectivity index (χ0n) is 20.9. The lowest BCUT2D eigenvalue weighted by atomic mass is 9.85. The molecule has 0 fully saturated rings. The Labute approximate surface area is 214 Å². The predicted octanol–water partition coefficient (Wildman–Crippen LogP) is 6.01. The van der Waals surface area contributed by atoms with E-state index in [9.17, 15) is 35.9 Å². The van der Waals surface area contributed by atoms with E-state index in [4.69, 9.17) is 14.2 Å². The zero-order chi connectivity index (χ0) is 28.4. The van der Waals surface area contributed by atoms with E-state index in [0.717, 1.165) is 0 Å². The van der Waals surface area contributed by atoms with Crippen LogP contribution >= 0.6 is 0 Å². The van der Waals surface area contributed by atoms with Crippen LogP contribution in [-0.2, 0) is 17.1 Å². The van der Waals surface area contributed by atoms with Crippen LogP contribution in [0.1, 0.15) is 53.2 Å². The third-order valence-electron chi connectivity index (χ3n) is 6.17. The fraction of sp³-hybridized carbons (Fsp3) is 0.440. The quantitative estimate of drug-likeness (QED) is 0.448. The molecule has 2 amide bonds. The van der Waals surface area contributed by atoms with E-state index >= 15 is 0 Å².